The van der Waals surface area contributed by atoms with Gasteiger partial charge in [0.2, 0.25) is 5.91 Å². The van der Waals surface area contributed by atoms with E-state index in [1.54, 1.807) is 41.6 Å². The molecule has 0 atom stereocenters. The minimum atomic E-state index is 0.0541. The number of nitrogens with two attached hydrogens (primary N) is 1. The number of likely N-dealkylation sites (N-methyl/N-ethyl adjacent to an activating group) is 1. The zero-order chi connectivity index (χ0) is 13.0. The van der Waals surface area contributed by atoms with Crippen LogP contribution in [0.3, 0.4) is 0 Å². The third-order valence-electron chi connectivity index (χ3n) is 2.61. The summed E-state index contributed by atoms with van der Waals surface area (Å²) in [5, 5.41) is 4.06. The highest BCUT2D eigenvalue weighted by atomic mass is 32.1. The Balaban J connectivity index is 1.93. The summed E-state index contributed by atoms with van der Waals surface area (Å²) < 4.78 is 0. The molecule has 2 N–H and O–H groups in total. The first kappa shape index (κ1) is 12.6. The molecule has 0 fully saturated rings. The van der Waals surface area contributed by atoms with Crippen molar-refractivity contribution in [3.05, 3.63) is 46.4 Å². The SMILES string of the molecule is CN(Cc1ccsc1)C(=O)Cc1ccc(N)cn1. The van der Waals surface area contributed by atoms with Crippen molar-refractivity contribution in [2.24, 2.45) is 0 Å². The average Bonchev–Trinajstić information content (AvgIpc) is 2.85. The largest absolute Gasteiger partial charge is 0.397 e. The molecule has 18 heavy (non-hydrogen) atoms. The van der Waals surface area contributed by atoms with Crippen molar-refractivity contribution in [1.29, 1.82) is 0 Å². The van der Waals surface area contributed by atoms with E-state index in [-0.39, 0.29) is 5.91 Å². The van der Waals surface area contributed by atoms with E-state index in [1.165, 1.54) is 0 Å². The highest BCUT2D eigenvalue weighted by molar-refractivity contribution is 7.07. The zero-order valence-electron chi connectivity index (χ0n) is 10.2. The molecule has 0 aliphatic carbocycles. The summed E-state index contributed by atoms with van der Waals surface area (Å²) >= 11 is 1.63. The molecule has 1 amide bonds. The Morgan fingerprint density at radius 3 is 2.89 bits per heavy atom. The van der Waals surface area contributed by atoms with Gasteiger partial charge in [0.15, 0.2) is 0 Å². The lowest BCUT2D eigenvalue weighted by molar-refractivity contribution is -0.129. The van der Waals surface area contributed by atoms with Crippen LogP contribution in [0.2, 0.25) is 0 Å². The molecular weight excluding hydrogens is 246 g/mol. The molecule has 5 heteroatoms. The van der Waals surface area contributed by atoms with Crippen LogP contribution in [0.25, 0.3) is 0 Å². The normalized spacial score (nSPS) is 10.3. The predicted molar refractivity (Wildman–Crippen MR) is 73.1 cm³/mol. The topological polar surface area (TPSA) is 59.2 Å². The highest BCUT2D eigenvalue weighted by Crippen LogP contribution is 2.10. The number of rotatable bonds is 4. The third-order valence-corrected chi connectivity index (χ3v) is 3.34. The lowest BCUT2D eigenvalue weighted by Gasteiger charge is -2.16. The maximum absolute atomic E-state index is 12.0. The molecule has 0 aliphatic heterocycles. The van der Waals surface area contributed by atoms with Crippen LogP contribution in [0.1, 0.15) is 11.3 Å². The van der Waals surface area contributed by atoms with Crippen LogP contribution in [0, 0.1) is 0 Å². The molecule has 0 spiro atoms. The van der Waals surface area contributed by atoms with Gasteiger partial charge in [0.1, 0.15) is 0 Å². The molecule has 0 aromatic carbocycles. The number of thiophene rings is 1. The summed E-state index contributed by atoms with van der Waals surface area (Å²) in [6, 6.07) is 5.57. The molecule has 2 heterocycles. The van der Waals surface area contributed by atoms with Gasteiger partial charge in [-0.1, -0.05) is 0 Å². The fourth-order valence-corrected chi connectivity index (χ4v) is 2.23. The highest BCUT2D eigenvalue weighted by Gasteiger charge is 2.11. The van der Waals surface area contributed by atoms with Gasteiger partial charge in [0.05, 0.1) is 18.3 Å². The number of carbonyl (C=O) groups is 1. The lowest BCUT2D eigenvalue weighted by Crippen LogP contribution is -2.27. The molecule has 0 unspecified atom stereocenters. The number of pyridine rings is 1. The second kappa shape index (κ2) is 5.64. The van der Waals surface area contributed by atoms with Crippen LogP contribution >= 0.6 is 11.3 Å². The molecule has 2 rings (SSSR count). The standard InChI is InChI=1S/C13H15N3OS/c1-16(8-10-4-5-18-9-10)13(17)6-12-3-2-11(14)7-15-12/h2-5,7,9H,6,8,14H2,1H3. The number of anilines is 1. The van der Waals surface area contributed by atoms with Crippen molar-refractivity contribution in [1.82, 2.24) is 9.88 Å². The Morgan fingerprint density at radius 2 is 2.28 bits per heavy atom. The van der Waals surface area contributed by atoms with Gasteiger partial charge in [-0.15, -0.1) is 0 Å². The number of nitrogens with zero attached hydrogens (tertiary/aromatic N) is 2. The van der Waals surface area contributed by atoms with Gasteiger partial charge in [0, 0.05) is 19.3 Å². The monoisotopic (exact) mass is 261 g/mol. The molecule has 2 aromatic heterocycles. The fraction of sp³-hybridized carbons (Fsp3) is 0.231. The predicted octanol–water partition coefficient (Wildman–Crippen LogP) is 1.93. The number of hydrogen-bond donors (Lipinski definition) is 1. The number of carbonyl (C=O) groups excluding carboxylic acids is 1. The molecular formula is C13H15N3OS. The second-order valence-corrected chi connectivity index (χ2v) is 4.92. The summed E-state index contributed by atoms with van der Waals surface area (Å²) in [6.45, 7) is 0.636. The minimum absolute atomic E-state index is 0.0541. The zero-order valence-corrected chi connectivity index (χ0v) is 11.0. The van der Waals surface area contributed by atoms with Gasteiger partial charge in [-0.2, -0.15) is 11.3 Å². The molecule has 0 bridgehead atoms. The van der Waals surface area contributed by atoms with E-state index >= 15 is 0 Å². The Labute approximate surface area is 110 Å². The Bertz CT molecular complexity index is 508. The lowest BCUT2D eigenvalue weighted by atomic mass is 10.2. The van der Waals surface area contributed by atoms with E-state index in [9.17, 15) is 4.79 Å². The molecule has 94 valence electrons. The quantitative estimate of drug-likeness (QED) is 0.914. The van der Waals surface area contributed by atoms with E-state index in [4.69, 9.17) is 5.73 Å². The first-order chi connectivity index (χ1) is 8.65. The van der Waals surface area contributed by atoms with E-state index < -0.39 is 0 Å². The molecule has 4 nitrogen and oxygen atoms in total. The minimum Gasteiger partial charge on any atom is -0.397 e. The van der Waals surface area contributed by atoms with E-state index in [2.05, 4.69) is 4.98 Å². The van der Waals surface area contributed by atoms with Gasteiger partial charge in [-0.3, -0.25) is 9.78 Å². The molecule has 0 saturated heterocycles. The van der Waals surface area contributed by atoms with Gasteiger partial charge < -0.3 is 10.6 Å². The summed E-state index contributed by atoms with van der Waals surface area (Å²) in [7, 11) is 1.80. The van der Waals surface area contributed by atoms with Crippen LogP contribution in [0.4, 0.5) is 5.69 Å². The van der Waals surface area contributed by atoms with Crippen LogP contribution < -0.4 is 5.73 Å². The Kier molecular flexibility index (Phi) is 3.94. The van der Waals surface area contributed by atoms with Crippen molar-refractivity contribution in [2.45, 2.75) is 13.0 Å². The molecule has 0 radical (unpaired) electrons. The number of nitrogen functional groups attached to an aromatic ring is 1. The summed E-state index contributed by atoms with van der Waals surface area (Å²) in [6.07, 6.45) is 1.88. The summed E-state index contributed by atoms with van der Waals surface area (Å²) in [4.78, 5) is 17.8. The third kappa shape index (κ3) is 3.30. The van der Waals surface area contributed by atoms with Crippen molar-refractivity contribution < 1.29 is 4.79 Å². The van der Waals surface area contributed by atoms with Crippen molar-refractivity contribution in [3.8, 4) is 0 Å². The van der Waals surface area contributed by atoms with Gasteiger partial charge >= 0.3 is 0 Å². The van der Waals surface area contributed by atoms with Gasteiger partial charge in [0.25, 0.3) is 0 Å². The van der Waals surface area contributed by atoms with Crippen LogP contribution in [-0.4, -0.2) is 22.8 Å². The molecule has 0 saturated carbocycles. The molecule has 0 aliphatic rings. The van der Waals surface area contributed by atoms with Crippen molar-refractivity contribution in [2.75, 3.05) is 12.8 Å². The summed E-state index contributed by atoms with van der Waals surface area (Å²) in [5.41, 5.74) is 8.06. The van der Waals surface area contributed by atoms with Crippen LogP contribution in [0.15, 0.2) is 35.2 Å². The Morgan fingerprint density at radius 1 is 1.44 bits per heavy atom. The van der Waals surface area contributed by atoms with Gasteiger partial charge in [-0.25, -0.2) is 0 Å². The Hall–Kier alpha value is -1.88. The number of amides is 1. The number of hydrogen-bond acceptors (Lipinski definition) is 4. The first-order valence-corrected chi connectivity index (χ1v) is 6.55. The van der Waals surface area contributed by atoms with Crippen LogP contribution in [0.5, 0.6) is 0 Å². The second-order valence-electron chi connectivity index (χ2n) is 4.14. The summed E-state index contributed by atoms with van der Waals surface area (Å²) in [5.74, 6) is 0.0541. The van der Waals surface area contributed by atoms with E-state index in [0.29, 0.717) is 18.7 Å². The first-order valence-electron chi connectivity index (χ1n) is 5.60. The smallest absolute Gasteiger partial charge is 0.228 e. The maximum Gasteiger partial charge on any atom is 0.228 e. The number of aromatic nitrogens is 1. The van der Waals surface area contributed by atoms with E-state index in [0.717, 1.165) is 11.3 Å². The van der Waals surface area contributed by atoms with E-state index in [1.807, 2.05) is 16.8 Å². The van der Waals surface area contributed by atoms with Gasteiger partial charge in [-0.05, 0) is 34.5 Å². The van der Waals surface area contributed by atoms with Crippen molar-refractivity contribution in [3.63, 3.8) is 0 Å². The maximum atomic E-state index is 12.0. The van der Waals surface area contributed by atoms with Crippen molar-refractivity contribution >= 4 is 22.9 Å². The average molecular weight is 261 g/mol. The van der Waals surface area contributed by atoms with Crippen LogP contribution in [-0.2, 0) is 17.8 Å². The fourth-order valence-electron chi connectivity index (χ4n) is 1.58. The molecule has 2 aromatic rings.